The molecule has 1 aliphatic rings. The van der Waals surface area contributed by atoms with E-state index < -0.39 is 14.3 Å². The lowest BCUT2D eigenvalue weighted by atomic mass is 10.0. The molecule has 1 aliphatic heterocycles. The molecular weight excluding hydrogens is 206 g/mol. The van der Waals surface area contributed by atoms with Gasteiger partial charge in [-0.05, 0) is 12.0 Å². The SMILES string of the molecule is CC(O)[C@H]1CC(=O)N1[Si](C)(C)C(C)(C)C. The van der Waals surface area contributed by atoms with Crippen LogP contribution in [0.2, 0.25) is 18.1 Å². The lowest BCUT2D eigenvalue weighted by Gasteiger charge is -2.55. The zero-order valence-electron chi connectivity index (χ0n) is 10.7. The van der Waals surface area contributed by atoms with Crippen LogP contribution in [0.5, 0.6) is 0 Å². The van der Waals surface area contributed by atoms with Crippen molar-refractivity contribution in [2.75, 3.05) is 0 Å². The first kappa shape index (κ1) is 12.7. The van der Waals surface area contributed by atoms with Crippen molar-refractivity contribution in [2.24, 2.45) is 0 Å². The largest absolute Gasteiger partial charge is 0.391 e. The summed E-state index contributed by atoms with van der Waals surface area (Å²) in [5, 5.41) is 9.77. The first-order valence-electron chi connectivity index (χ1n) is 5.59. The molecule has 15 heavy (non-hydrogen) atoms. The van der Waals surface area contributed by atoms with Gasteiger partial charge >= 0.3 is 0 Å². The number of β-lactam (4-membered cyclic amide) rings is 1. The van der Waals surface area contributed by atoms with Crippen LogP contribution in [0.15, 0.2) is 0 Å². The summed E-state index contributed by atoms with van der Waals surface area (Å²) in [4.78, 5) is 11.7. The van der Waals surface area contributed by atoms with E-state index in [1.54, 1.807) is 6.92 Å². The van der Waals surface area contributed by atoms with Gasteiger partial charge in [-0.2, -0.15) is 0 Å². The van der Waals surface area contributed by atoms with Gasteiger partial charge in [-0.15, -0.1) is 0 Å². The average Bonchev–Trinajstić information content (AvgIpc) is 1.95. The second-order valence-electron chi connectivity index (χ2n) is 6.08. The van der Waals surface area contributed by atoms with Crippen molar-refractivity contribution >= 4 is 14.1 Å². The molecule has 1 heterocycles. The van der Waals surface area contributed by atoms with Crippen LogP contribution in [-0.4, -0.2) is 36.0 Å². The van der Waals surface area contributed by atoms with Crippen LogP contribution >= 0.6 is 0 Å². The number of carbonyl (C=O) groups is 1. The van der Waals surface area contributed by atoms with Gasteiger partial charge in [0.15, 0.2) is 8.24 Å². The minimum atomic E-state index is -1.79. The van der Waals surface area contributed by atoms with E-state index >= 15 is 0 Å². The number of carbonyl (C=O) groups excluding carboxylic acids is 1. The van der Waals surface area contributed by atoms with Gasteiger partial charge in [0.2, 0.25) is 5.91 Å². The Bertz CT molecular complexity index is 268. The molecule has 88 valence electrons. The Morgan fingerprint density at radius 3 is 2.20 bits per heavy atom. The zero-order valence-corrected chi connectivity index (χ0v) is 11.7. The number of nitrogens with zero attached hydrogens (tertiary/aromatic N) is 1. The van der Waals surface area contributed by atoms with Gasteiger partial charge in [0.1, 0.15) is 0 Å². The molecule has 4 heteroatoms. The number of hydrogen-bond acceptors (Lipinski definition) is 2. The predicted molar refractivity (Wildman–Crippen MR) is 64.1 cm³/mol. The monoisotopic (exact) mass is 229 g/mol. The number of hydrogen-bond donors (Lipinski definition) is 1. The Hall–Kier alpha value is -0.353. The summed E-state index contributed by atoms with van der Waals surface area (Å²) in [6.45, 7) is 12.7. The fraction of sp³-hybridized carbons (Fsp3) is 0.909. The molecule has 0 bridgehead atoms. The lowest BCUT2D eigenvalue weighted by Crippen LogP contribution is -2.70. The molecule has 1 saturated heterocycles. The third-order valence-corrected chi connectivity index (χ3v) is 9.43. The highest BCUT2D eigenvalue weighted by Crippen LogP contribution is 2.43. The van der Waals surface area contributed by atoms with Gasteiger partial charge in [-0.3, -0.25) is 4.79 Å². The van der Waals surface area contributed by atoms with Crippen molar-refractivity contribution in [1.82, 2.24) is 4.57 Å². The van der Waals surface area contributed by atoms with Crippen LogP contribution in [0.25, 0.3) is 0 Å². The Morgan fingerprint density at radius 2 is 1.93 bits per heavy atom. The van der Waals surface area contributed by atoms with E-state index in [0.29, 0.717) is 6.42 Å². The lowest BCUT2D eigenvalue weighted by molar-refractivity contribution is -0.143. The maximum absolute atomic E-state index is 11.7. The second-order valence-corrected chi connectivity index (χ2v) is 11.2. The highest BCUT2D eigenvalue weighted by Gasteiger charge is 2.52. The Balaban J connectivity index is 2.91. The Kier molecular flexibility index (Phi) is 3.05. The summed E-state index contributed by atoms with van der Waals surface area (Å²) in [6.07, 6.45) is 0.112. The fourth-order valence-electron chi connectivity index (χ4n) is 1.92. The second kappa shape index (κ2) is 3.59. The normalized spacial score (nSPS) is 25.1. The van der Waals surface area contributed by atoms with Crippen molar-refractivity contribution in [1.29, 1.82) is 0 Å². The van der Waals surface area contributed by atoms with E-state index in [4.69, 9.17) is 0 Å². The maximum atomic E-state index is 11.7. The van der Waals surface area contributed by atoms with E-state index in [-0.39, 0.29) is 17.0 Å². The number of aliphatic hydroxyl groups excluding tert-OH is 1. The average molecular weight is 229 g/mol. The highest BCUT2D eigenvalue weighted by molar-refractivity contribution is 6.80. The Labute approximate surface area is 93.6 Å². The molecule has 0 aliphatic carbocycles. The summed E-state index contributed by atoms with van der Waals surface area (Å²) in [5.74, 6) is 0.215. The van der Waals surface area contributed by atoms with Gasteiger partial charge in [0.05, 0.1) is 12.1 Å². The molecule has 1 fully saturated rings. The standard InChI is InChI=1S/C11H23NO2Si/c1-8(13)9-7-10(14)12(9)15(5,6)11(2,3)4/h8-9,13H,7H2,1-6H3/t8?,9-/m1/s1. The third-order valence-electron chi connectivity index (χ3n) is 3.98. The van der Waals surface area contributed by atoms with E-state index in [1.807, 2.05) is 4.57 Å². The number of amides is 1. The van der Waals surface area contributed by atoms with Crippen LogP contribution in [0.1, 0.15) is 34.1 Å². The van der Waals surface area contributed by atoms with E-state index in [0.717, 1.165) is 0 Å². The van der Waals surface area contributed by atoms with E-state index in [1.165, 1.54) is 0 Å². The van der Waals surface area contributed by atoms with E-state index in [9.17, 15) is 9.90 Å². The third kappa shape index (κ3) is 1.97. The van der Waals surface area contributed by atoms with Crippen LogP contribution in [0, 0.1) is 0 Å². The summed E-state index contributed by atoms with van der Waals surface area (Å²) >= 11 is 0. The molecule has 3 nitrogen and oxygen atoms in total. The number of rotatable bonds is 2. The van der Waals surface area contributed by atoms with Crippen LogP contribution < -0.4 is 0 Å². The molecule has 1 unspecified atom stereocenters. The predicted octanol–water partition coefficient (Wildman–Crippen LogP) is 1.97. The van der Waals surface area contributed by atoms with Gasteiger partial charge in [0.25, 0.3) is 0 Å². The van der Waals surface area contributed by atoms with Gasteiger partial charge in [-0.25, -0.2) is 0 Å². The summed E-state index contributed by atoms with van der Waals surface area (Å²) in [6, 6.07) is 0.0541. The van der Waals surface area contributed by atoms with Crippen molar-refractivity contribution in [3.05, 3.63) is 0 Å². The fourth-order valence-corrected chi connectivity index (χ4v) is 4.49. The molecule has 0 radical (unpaired) electrons. The molecule has 0 aromatic carbocycles. The molecule has 0 spiro atoms. The quantitative estimate of drug-likeness (QED) is 0.581. The van der Waals surface area contributed by atoms with Crippen LogP contribution in [-0.2, 0) is 4.79 Å². The maximum Gasteiger partial charge on any atom is 0.217 e. The number of aliphatic hydroxyl groups is 1. The molecule has 1 rings (SSSR count). The summed E-state index contributed by atoms with van der Waals surface area (Å²) in [7, 11) is -1.79. The van der Waals surface area contributed by atoms with Crippen LogP contribution in [0.3, 0.4) is 0 Å². The van der Waals surface area contributed by atoms with Crippen molar-refractivity contribution in [3.63, 3.8) is 0 Å². The van der Waals surface area contributed by atoms with Gasteiger partial charge in [0, 0.05) is 6.42 Å². The van der Waals surface area contributed by atoms with Gasteiger partial charge < -0.3 is 9.67 Å². The molecule has 0 aromatic rings. The molecule has 0 aromatic heterocycles. The van der Waals surface area contributed by atoms with Gasteiger partial charge in [-0.1, -0.05) is 33.9 Å². The molecule has 1 amide bonds. The van der Waals surface area contributed by atoms with Crippen molar-refractivity contribution in [3.8, 4) is 0 Å². The first-order chi connectivity index (χ1) is 6.59. The Morgan fingerprint density at radius 1 is 1.47 bits per heavy atom. The topological polar surface area (TPSA) is 40.5 Å². The van der Waals surface area contributed by atoms with E-state index in [2.05, 4.69) is 33.9 Å². The summed E-state index contributed by atoms with van der Waals surface area (Å²) in [5.41, 5.74) is 0. The zero-order chi connectivity index (χ0) is 12.0. The molecule has 2 atom stereocenters. The molecule has 0 saturated carbocycles. The summed E-state index contributed by atoms with van der Waals surface area (Å²) < 4.78 is 1.98. The highest BCUT2D eigenvalue weighted by atomic mass is 28.3. The van der Waals surface area contributed by atoms with Crippen LogP contribution in [0.4, 0.5) is 0 Å². The minimum absolute atomic E-state index is 0.0541. The van der Waals surface area contributed by atoms with Crippen molar-refractivity contribution in [2.45, 2.75) is 64.4 Å². The molecular formula is C11H23NO2Si. The molecule has 1 N–H and O–H groups in total. The van der Waals surface area contributed by atoms with Crippen molar-refractivity contribution < 1.29 is 9.90 Å². The first-order valence-corrected chi connectivity index (χ1v) is 8.54. The minimum Gasteiger partial charge on any atom is -0.391 e. The smallest absolute Gasteiger partial charge is 0.217 e.